The number of carbonyl (C=O) groups excluding carboxylic acids is 2. The van der Waals surface area contributed by atoms with Gasteiger partial charge in [-0.25, -0.2) is 9.59 Å². The van der Waals surface area contributed by atoms with Gasteiger partial charge in [-0.1, -0.05) is 43.2 Å². The van der Waals surface area contributed by atoms with E-state index in [1.54, 1.807) is 4.90 Å². The third kappa shape index (κ3) is 6.14. The largest absolute Gasteiger partial charge is 0.447 e. The molecule has 0 aromatic heterocycles. The van der Waals surface area contributed by atoms with Gasteiger partial charge >= 0.3 is 12.2 Å². The molecule has 3 rings (SSSR count). The Morgan fingerprint density at radius 1 is 1.18 bits per heavy atom. The summed E-state index contributed by atoms with van der Waals surface area (Å²) in [5.74, 6) is 0.763. The Hall–Kier alpha value is -2.24. The van der Waals surface area contributed by atoms with Crippen molar-refractivity contribution in [1.29, 1.82) is 0 Å². The van der Waals surface area contributed by atoms with Crippen LogP contribution >= 0.6 is 0 Å². The predicted octanol–water partition coefficient (Wildman–Crippen LogP) is 4.34. The summed E-state index contributed by atoms with van der Waals surface area (Å²) < 4.78 is 10.7. The molecular formula is C22H32N2O4. The number of piperidine rings is 1. The molecule has 1 aliphatic heterocycles. The second-order valence-corrected chi connectivity index (χ2v) is 8.48. The molecule has 2 amide bonds. The van der Waals surface area contributed by atoms with Crippen LogP contribution in [0.1, 0.15) is 51.5 Å². The summed E-state index contributed by atoms with van der Waals surface area (Å²) in [5.41, 5.74) is 1.04. The van der Waals surface area contributed by atoms with E-state index in [4.69, 9.17) is 9.47 Å². The van der Waals surface area contributed by atoms with Gasteiger partial charge in [-0.15, -0.1) is 0 Å². The standard InChI is InChI=1S/C22H32N2O4/c1-17(2)28-20(25)23-16-22(14-18-8-9-18)10-12-24(13-11-22)21(26)27-15-19-6-4-3-5-7-19/h3-7,17-18H,8-16H2,1-2H3,(H,23,25). The van der Waals surface area contributed by atoms with Gasteiger partial charge < -0.3 is 19.7 Å². The van der Waals surface area contributed by atoms with Crippen molar-refractivity contribution in [1.82, 2.24) is 10.2 Å². The van der Waals surface area contributed by atoms with E-state index in [9.17, 15) is 9.59 Å². The van der Waals surface area contributed by atoms with E-state index < -0.39 is 0 Å². The summed E-state index contributed by atoms with van der Waals surface area (Å²) >= 11 is 0. The van der Waals surface area contributed by atoms with Crippen LogP contribution in [0.25, 0.3) is 0 Å². The molecule has 0 atom stereocenters. The molecule has 28 heavy (non-hydrogen) atoms. The van der Waals surface area contributed by atoms with Gasteiger partial charge in [-0.05, 0) is 50.0 Å². The summed E-state index contributed by atoms with van der Waals surface area (Å²) in [6.07, 6.45) is 4.70. The number of hydrogen-bond acceptors (Lipinski definition) is 4. The molecule has 6 heteroatoms. The lowest BCUT2D eigenvalue weighted by molar-refractivity contribution is 0.0527. The number of nitrogens with one attached hydrogen (secondary N) is 1. The first kappa shape index (κ1) is 20.5. The van der Waals surface area contributed by atoms with Crippen molar-refractivity contribution in [2.24, 2.45) is 11.3 Å². The van der Waals surface area contributed by atoms with E-state index in [0.717, 1.165) is 30.7 Å². The zero-order chi connectivity index (χ0) is 20.0. The Morgan fingerprint density at radius 2 is 1.86 bits per heavy atom. The quantitative estimate of drug-likeness (QED) is 0.754. The first-order valence-corrected chi connectivity index (χ1v) is 10.4. The minimum Gasteiger partial charge on any atom is -0.447 e. The van der Waals surface area contributed by atoms with E-state index in [0.29, 0.717) is 26.2 Å². The maximum absolute atomic E-state index is 12.4. The molecule has 154 valence electrons. The molecule has 1 aliphatic carbocycles. The highest BCUT2D eigenvalue weighted by molar-refractivity contribution is 5.68. The van der Waals surface area contributed by atoms with Gasteiger partial charge in [0.1, 0.15) is 6.61 Å². The molecule has 0 unspecified atom stereocenters. The highest BCUT2D eigenvalue weighted by atomic mass is 16.6. The van der Waals surface area contributed by atoms with Gasteiger partial charge in [0, 0.05) is 19.6 Å². The van der Waals surface area contributed by atoms with E-state index in [1.807, 2.05) is 44.2 Å². The average molecular weight is 389 g/mol. The highest BCUT2D eigenvalue weighted by Gasteiger charge is 2.41. The Bertz CT molecular complexity index is 650. The minimum atomic E-state index is -0.352. The third-order valence-corrected chi connectivity index (χ3v) is 5.66. The van der Waals surface area contributed by atoms with Crippen molar-refractivity contribution >= 4 is 12.2 Å². The van der Waals surface area contributed by atoms with Crippen molar-refractivity contribution in [3.05, 3.63) is 35.9 Å². The molecule has 1 aromatic carbocycles. The number of carbonyl (C=O) groups is 2. The number of ether oxygens (including phenoxy) is 2. The second kappa shape index (κ2) is 9.30. The molecule has 0 bridgehead atoms. The summed E-state index contributed by atoms with van der Waals surface area (Å²) in [4.78, 5) is 26.1. The van der Waals surface area contributed by atoms with Gasteiger partial charge in [-0.2, -0.15) is 0 Å². The first-order valence-electron chi connectivity index (χ1n) is 10.4. The normalized spacial score (nSPS) is 18.6. The zero-order valence-electron chi connectivity index (χ0n) is 17.0. The third-order valence-electron chi connectivity index (χ3n) is 5.66. The van der Waals surface area contributed by atoms with E-state index in [1.165, 1.54) is 12.8 Å². The smallest absolute Gasteiger partial charge is 0.410 e. The zero-order valence-corrected chi connectivity index (χ0v) is 17.0. The molecule has 0 radical (unpaired) electrons. The molecular weight excluding hydrogens is 356 g/mol. The predicted molar refractivity (Wildman–Crippen MR) is 107 cm³/mol. The van der Waals surface area contributed by atoms with Crippen LogP contribution in [0.4, 0.5) is 9.59 Å². The first-order chi connectivity index (χ1) is 13.5. The number of hydrogen-bond donors (Lipinski definition) is 1. The lowest BCUT2D eigenvalue weighted by atomic mass is 9.74. The number of alkyl carbamates (subject to hydrolysis) is 1. The maximum atomic E-state index is 12.4. The average Bonchev–Trinajstić information content (AvgIpc) is 3.49. The lowest BCUT2D eigenvalue weighted by Gasteiger charge is -2.41. The van der Waals surface area contributed by atoms with Crippen LogP contribution in [0, 0.1) is 11.3 Å². The molecule has 2 fully saturated rings. The highest BCUT2D eigenvalue weighted by Crippen LogP contribution is 2.45. The number of likely N-dealkylation sites (tertiary alicyclic amines) is 1. The SMILES string of the molecule is CC(C)OC(=O)NCC1(CC2CC2)CCN(C(=O)OCc2ccccc2)CC1. The Balaban J connectivity index is 1.49. The summed E-state index contributed by atoms with van der Waals surface area (Å²) in [5, 5.41) is 2.95. The van der Waals surface area contributed by atoms with Crippen molar-refractivity contribution in [3.8, 4) is 0 Å². The van der Waals surface area contributed by atoms with Crippen molar-refractivity contribution in [2.75, 3.05) is 19.6 Å². The van der Waals surface area contributed by atoms with Crippen LogP contribution < -0.4 is 5.32 Å². The summed E-state index contributed by atoms with van der Waals surface area (Å²) in [6.45, 7) is 5.94. The van der Waals surface area contributed by atoms with Crippen molar-refractivity contribution < 1.29 is 19.1 Å². The van der Waals surface area contributed by atoms with E-state index >= 15 is 0 Å². The molecule has 2 aliphatic rings. The van der Waals surface area contributed by atoms with Crippen LogP contribution in [-0.4, -0.2) is 42.8 Å². The maximum Gasteiger partial charge on any atom is 0.410 e. The summed E-state index contributed by atoms with van der Waals surface area (Å²) in [6, 6.07) is 9.72. The molecule has 1 heterocycles. The van der Waals surface area contributed by atoms with Crippen LogP contribution in [0.2, 0.25) is 0 Å². The minimum absolute atomic E-state index is 0.0490. The Morgan fingerprint density at radius 3 is 2.46 bits per heavy atom. The Labute approximate surface area is 167 Å². The van der Waals surface area contributed by atoms with Crippen LogP contribution in [0.3, 0.4) is 0 Å². The van der Waals surface area contributed by atoms with E-state index in [-0.39, 0.29) is 23.7 Å². The monoisotopic (exact) mass is 388 g/mol. The van der Waals surface area contributed by atoms with Gasteiger partial charge in [0.05, 0.1) is 6.10 Å². The van der Waals surface area contributed by atoms with Gasteiger partial charge in [0.15, 0.2) is 0 Å². The topological polar surface area (TPSA) is 67.9 Å². The molecule has 6 nitrogen and oxygen atoms in total. The summed E-state index contributed by atoms with van der Waals surface area (Å²) in [7, 11) is 0. The van der Waals surface area contributed by atoms with E-state index in [2.05, 4.69) is 5.32 Å². The molecule has 1 saturated heterocycles. The number of rotatable bonds is 7. The van der Waals surface area contributed by atoms with Gasteiger partial charge in [0.25, 0.3) is 0 Å². The van der Waals surface area contributed by atoms with Crippen molar-refractivity contribution in [2.45, 2.75) is 58.7 Å². The number of amides is 2. The second-order valence-electron chi connectivity index (χ2n) is 8.48. The van der Waals surface area contributed by atoms with Gasteiger partial charge in [0.2, 0.25) is 0 Å². The molecule has 1 aromatic rings. The fourth-order valence-electron chi connectivity index (χ4n) is 3.88. The van der Waals surface area contributed by atoms with Crippen LogP contribution in [0.5, 0.6) is 0 Å². The number of benzene rings is 1. The molecule has 0 spiro atoms. The Kier molecular flexibility index (Phi) is 6.81. The van der Waals surface area contributed by atoms with Crippen molar-refractivity contribution in [3.63, 3.8) is 0 Å². The van der Waals surface area contributed by atoms with Crippen LogP contribution in [-0.2, 0) is 16.1 Å². The lowest BCUT2D eigenvalue weighted by Crippen LogP contribution is -2.48. The van der Waals surface area contributed by atoms with Gasteiger partial charge in [-0.3, -0.25) is 0 Å². The molecule has 1 saturated carbocycles. The fourth-order valence-corrected chi connectivity index (χ4v) is 3.88. The van der Waals surface area contributed by atoms with Crippen LogP contribution in [0.15, 0.2) is 30.3 Å². The fraction of sp³-hybridized carbons (Fsp3) is 0.636. The molecule has 1 N–H and O–H groups in total. The number of nitrogens with zero attached hydrogens (tertiary/aromatic N) is 1.